The SMILES string of the molecule is CCCCOCCOCCOC(C)=O.CCOCCO. The second-order valence-electron chi connectivity index (χ2n) is 3.84. The zero-order valence-corrected chi connectivity index (χ0v) is 13.1. The zero-order chi connectivity index (χ0) is 15.5. The summed E-state index contributed by atoms with van der Waals surface area (Å²) in [6.45, 7) is 9.43. The largest absolute Gasteiger partial charge is 0.463 e. The van der Waals surface area contributed by atoms with Gasteiger partial charge in [-0.05, 0) is 13.3 Å². The van der Waals surface area contributed by atoms with Crippen molar-refractivity contribution in [2.45, 2.75) is 33.6 Å². The summed E-state index contributed by atoms with van der Waals surface area (Å²) in [6.07, 6.45) is 2.24. The van der Waals surface area contributed by atoms with E-state index in [2.05, 4.69) is 11.7 Å². The van der Waals surface area contributed by atoms with Gasteiger partial charge in [0.05, 0.1) is 33.0 Å². The van der Waals surface area contributed by atoms with Crippen molar-refractivity contribution < 1.29 is 28.8 Å². The number of unbranched alkanes of at least 4 members (excludes halogenated alkanes) is 1. The second-order valence-corrected chi connectivity index (χ2v) is 3.84. The van der Waals surface area contributed by atoms with Gasteiger partial charge in [-0.25, -0.2) is 0 Å². The van der Waals surface area contributed by atoms with E-state index in [1.54, 1.807) is 0 Å². The fraction of sp³-hybridized carbons (Fsp3) is 0.929. The maximum atomic E-state index is 10.3. The number of carbonyl (C=O) groups excluding carboxylic acids is 1. The van der Waals surface area contributed by atoms with Crippen LogP contribution in [0.4, 0.5) is 0 Å². The summed E-state index contributed by atoms with van der Waals surface area (Å²) in [5.41, 5.74) is 0. The second kappa shape index (κ2) is 20.6. The summed E-state index contributed by atoms with van der Waals surface area (Å²) < 4.78 is 19.8. The lowest BCUT2D eigenvalue weighted by Crippen LogP contribution is -2.11. The number of esters is 1. The van der Waals surface area contributed by atoms with E-state index in [9.17, 15) is 4.79 Å². The molecule has 0 aliphatic rings. The number of hydrogen-bond donors (Lipinski definition) is 1. The number of rotatable bonds is 12. The van der Waals surface area contributed by atoms with E-state index < -0.39 is 0 Å². The monoisotopic (exact) mass is 294 g/mol. The highest BCUT2D eigenvalue weighted by Gasteiger charge is 1.93. The van der Waals surface area contributed by atoms with Gasteiger partial charge in [0.25, 0.3) is 0 Å². The molecule has 6 heteroatoms. The Hall–Kier alpha value is -0.690. The van der Waals surface area contributed by atoms with Gasteiger partial charge in [-0.3, -0.25) is 4.79 Å². The molecule has 0 radical (unpaired) electrons. The Labute approximate surface area is 122 Å². The molecule has 0 spiro atoms. The Bertz CT molecular complexity index is 183. The first kappa shape index (κ1) is 21.6. The normalized spacial score (nSPS) is 9.80. The number of ether oxygens (including phenoxy) is 4. The third kappa shape index (κ3) is 26.0. The molecule has 6 nitrogen and oxygen atoms in total. The molecule has 0 aliphatic carbocycles. The van der Waals surface area contributed by atoms with Crippen LogP contribution in [-0.4, -0.2) is 63.9 Å². The summed E-state index contributed by atoms with van der Waals surface area (Å²) in [5, 5.41) is 8.07. The number of hydrogen-bond acceptors (Lipinski definition) is 6. The Morgan fingerprint density at radius 1 is 0.900 bits per heavy atom. The summed E-state index contributed by atoms with van der Waals surface area (Å²) in [6, 6.07) is 0. The first-order chi connectivity index (χ1) is 9.68. The molecule has 0 bridgehead atoms. The first-order valence-corrected chi connectivity index (χ1v) is 7.16. The van der Waals surface area contributed by atoms with Gasteiger partial charge in [0.2, 0.25) is 0 Å². The molecule has 1 N–H and O–H groups in total. The molecule has 0 aromatic carbocycles. The molecular formula is C14H30O6. The molecule has 0 fully saturated rings. The lowest BCUT2D eigenvalue weighted by molar-refractivity contribution is -0.142. The average Bonchev–Trinajstić information content (AvgIpc) is 2.43. The van der Waals surface area contributed by atoms with Crippen molar-refractivity contribution in [2.24, 2.45) is 0 Å². The van der Waals surface area contributed by atoms with Crippen LogP contribution in [0, 0.1) is 0 Å². The maximum absolute atomic E-state index is 10.3. The molecule has 0 rings (SSSR count). The van der Waals surface area contributed by atoms with Gasteiger partial charge >= 0.3 is 5.97 Å². The van der Waals surface area contributed by atoms with Crippen LogP contribution in [0.25, 0.3) is 0 Å². The average molecular weight is 294 g/mol. The minimum absolute atomic E-state index is 0.133. The van der Waals surface area contributed by atoms with Gasteiger partial charge in [0.15, 0.2) is 0 Å². The zero-order valence-electron chi connectivity index (χ0n) is 13.1. The molecule has 0 aromatic heterocycles. The van der Waals surface area contributed by atoms with E-state index in [1.165, 1.54) is 6.92 Å². The van der Waals surface area contributed by atoms with E-state index in [4.69, 9.17) is 19.3 Å². The van der Waals surface area contributed by atoms with Crippen molar-refractivity contribution in [1.82, 2.24) is 0 Å². The summed E-state index contributed by atoms with van der Waals surface area (Å²) >= 11 is 0. The molecule has 0 aromatic rings. The van der Waals surface area contributed by atoms with Crippen LogP contribution < -0.4 is 0 Å². The minimum Gasteiger partial charge on any atom is -0.463 e. The molecule has 0 saturated heterocycles. The highest BCUT2D eigenvalue weighted by Crippen LogP contribution is 1.88. The first-order valence-electron chi connectivity index (χ1n) is 7.16. The number of aliphatic hydroxyl groups is 1. The van der Waals surface area contributed by atoms with Crippen molar-refractivity contribution in [1.29, 1.82) is 0 Å². The highest BCUT2D eigenvalue weighted by molar-refractivity contribution is 5.65. The molecule has 0 unspecified atom stereocenters. The Morgan fingerprint density at radius 3 is 1.95 bits per heavy atom. The topological polar surface area (TPSA) is 74.2 Å². The van der Waals surface area contributed by atoms with Crippen molar-refractivity contribution in [3.8, 4) is 0 Å². The molecule has 122 valence electrons. The van der Waals surface area contributed by atoms with Crippen LogP contribution in [-0.2, 0) is 23.7 Å². The fourth-order valence-electron chi connectivity index (χ4n) is 1.02. The van der Waals surface area contributed by atoms with Gasteiger partial charge < -0.3 is 24.1 Å². The molecule has 20 heavy (non-hydrogen) atoms. The van der Waals surface area contributed by atoms with Crippen molar-refractivity contribution >= 4 is 5.97 Å². The summed E-state index contributed by atoms with van der Waals surface area (Å²) in [5.74, 6) is -0.271. The summed E-state index contributed by atoms with van der Waals surface area (Å²) in [4.78, 5) is 10.3. The molecule has 0 aliphatic heterocycles. The quantitative estimate of drug-likeness (QED) is 0.433. The van der Waals surface area contributed by atoms with Crippen LogP contribution >= 0.6 is 0 Å². The van der Waals surface area contributed by atoms with E-state index in [-0.39, 0.29) is 12.6 Å². The van der Waals surface area contributed by atoms with Gasteiger partial charge in [-0.15, -0.1) is 0 Å². The smallest absolute Gasteiger partial charge is 0.302 e. The fourth-order valence-corrected chi connectivity index (χ4v) is 1.02. The third-order valence-electron chi connectivity index (χ3n) is 1.99. The van der Waals surface area contributed by atoms with Gasteiger partial charge in [0, 0.05) is 20.1 Å². The molecule has 0 heterocycles. The van der Waals surface area contributed by atoms with Crippen molar-refractivity contribution in [2.75, 3.05) is 52.9 Å². The van der Waals surface area contributed by atoms with Crippen LogP contribution in [0.3, 0.4) is 0 Å². The van der Waals surface area contributed by atoms with Crippen molar-refractivity contribution in [3.05, 3.63) is 0 Å². The Morgan fingerprint density at radius 2 is 1.50 bits per heavy atom. The van der Waals surface area contributed by atoms with Gasteiger partial charge in [0.1, 0.15) is 6.61 Å². The van der Waals surface area contributed by atoms with E-state index in [0.717, 1.165) is 19.4 Å². The molecule has 0 amide bonds. The maximum Gasteiger partial charge on any atom is 0.302 e. The van der Waals surface area contributed by atoms with Crippen LogP contribution in [0.2, 0.25) is 0 Å². The molecule has 0 atom stereocenters. The Balaban J connectivity index is 0. The lowest BCUT2D eigenvalue weighted by Gasteiger charge is -2.05. The van der Waals surface area contributed by atoms with Crippen LogP contribution in [0.5, 0.6) is 0 Å². The molecule has 0 saturated carbocycles. The van der Waals surface area contributed by atoms with E-state index >= 15 is 0 Å². The van der Waals surface area contributed by atoms with E-state index in [1.807, 2.05) is 6.92 Å². The standard InChI is InChI=1S/C10H20O4.C4H10O2/c1-3-4-5-12-6-7-13-8-9-14-10(2)11;1-2-6-4-3-5/h3-9H2,1-2H3;5H,2-4H2,1H3. The highest BCUT2D eigenvalue weighted by atomic mass is 16.6. The lowest BCUT2D eigenvalue weighted by atomic mass is 10.4. The summed E-state index contributed by atoms with van der Waals surface area (Å²) in [7, 11) is 0. The third-order valence-corrected chi connectivity index (χ3v) is 1.99. The minimum atomic E-state index is -0.271. The Kier molecular flexibility index (Phi) is 22.3. The molecular weight excluding hydrogens is 264 g/mol. The van der Waals surface area contributed by atoms with E-state index in [0.29, 0.717) is 39.6 Å². The van der Waals surface area contributed by atoms with Crippen molar-refractivity contribution in [3.63, 3.8) is 0 Å². The van der Waals surface area contributed by atoms with Crippen LogP contribution in [0.1, 0.15) is 33.6 Å². The number of aliphatic hydroxyl groups excluding tert-OH is 1. The van der Waals surface area contributed by atoms with Gasteiger partial charge in [-0.2, -0.15) is 0 Å². The van der Waals surface area contributed by atoms with Crippen LogP contribution in [0.15, 0.2) is 0 Å². The van der Waals surface area contributed by atoms with Gasteiger partial charge in [-0.1, -0.05) is 13.3 Å². The predicted octanol–water partition coefficient (Wildman–Crippen LogP) is 1.40. The number of carbonyl (C=O) groups is 1. The predicted molar refractivity (Wildman–Crippen MR) is 76.8 cm³/mol.